The Kier molecular flexibility index (Phi) is 4.05. The highest BCUT2D eigenvalue weighted by atomic mass is 79.9. The number of hydrogen-bond acceptors (Lipinski definition) is 5. The van der Waals surface area contributed by atoms with Crippen molar-refractivity contribution in [2.24, 2.45) is 5.73 Å². The predicted octanol–water partition coefficient (Wildman–Crippen LogP) is -0.359. The number of primary amides is 1. The summed E-state index contributed by atoms with van der Waals surface area (Å²) in [7, 11) is -3.94. The number of amides is 1. The third-order valence-corrected chi connectivity index (χ3v) is 5.96. The molecule has 0 radical (unpaired) electrons. The van der Waals surface area contributed by atoms with Crippen molar-refractivity contribution in [3.63, 3.8) is 0 Å². The van der Waals surface area contributed by atoms with Gasteiger partial charge in [-0.05, 0) is 34.1 Å². The lowest BCUT2D eigenvalue weighted by atomic mass is 10.2. The molecular formula is C11H14BrN3O4S. The van der Waals surface area contributed by atoms with Crippen LogP contribution in [0.4, 0.5) is 5.69 Å². The molecule has 2 rings (SSSR count). The maximum atomic E-state index is 12.6. The molecule has 0 aromatic heterocycles. The second-order valence-corrected chi connectivity index (χ2v) is 7.29. The first-order valence-electron chi connectivity index (χ1n) is 5.77. The number of carbonyl (C=O) groups is 1. The Bertz CT molecular complexity index is 649. The molecule has 7 nitrogen and oxygen atoms in total. The summed E-state index contributed by atoms with van der Waals surface area (Å²) in [4.78, 5) is 11.3. The number of anilines is 1. The van der Waals surface area contributed by atoms with Gasteiger partial charge in [-0.2, -0.15) is 4.31 Å². The average molecular weight is 364 g/mol. The highest BCUT2D eigenvalue weighted by Crippen LogP contribution is 2.31. The maximum absolute atomic E-state index is 12.6. The van der Waals surface area contributed by atoms with Crippen molar-refractivity contribution in [3.8, 4) is 0 Å². The topological polar surface area (TPSA) is 127 Å². The average Bonchev–Trinajstić information content (AvgIpc) is 2.71. The zero-order chi connectivity index (χ0) is 15.1. The fourth-order valence-corrected chi connectivity index (χ4v) is 4.86. The van der Waals surface area contributed by atoms with Gasteiger partial charge in [0, 0.05) is 23.1 Å². The number of nitrogens with zero attached hydrogens (tertiary/aromatic N) is 1. The minimum Gasteiger partial charge on any atom is -0.399 e. The van der Waals surface area contributed by atoms with Crippen LogP contribution in [0.15, 0.2) is 27.6 Å². The van der Waals surface area contributed by atoms with Gasteiger partial charge >= 0.3 is 0 Å². The molecule has 5 N–H and O–H groups in total. The number of β-amino-alcohol motifs (C(OH)–C–C–N with tert-alkyl or cyclic N) is 1. The Morgan fingerprint density at radius 2 is 2.10 bits per heavy atom. The fourth-order valence-electron chi connectivity index (χ4n) is 2.16. The molecule has 0 saturated carbocycles. The highest BCUT2D eigenvalue weighted by Gasteiger charge is 2.43. The molecule has 9 heteroatoms. The SMILES string of the molecule is NC(=O)C1CC(O)CN1S(=O)(=O)c1ccc(N)cc1Br. The lowest BCUT2D eigenvalue weighted by Crippen LogP contribution is -2.43. The molecule has 1 heterocycles. The van der Waals surface area contributed by atoms with Crippen LogP contribution in [0.3, 0.4) is 0 Å². The van der Waals surface area contributed by atoms with Gasteiger partial charge in [0.2, 0.25) is 15.9 Å². The van der Waals surface area contributed by atoms with Crippen molar-refractivity contribution >= 4 is 37.5 Å². The van der Waals surface area contributed by atoms with Crippen LogP contribution in [0.1, 0.15) is 6.42 Å². The first kappa shape index (κ1) is 15.2. The van der Waals surface area contributed by atoms with Gasteiger partial charge < -0.3 is 16.6 Å². The Morgan fingerprint density at radius 3 is 2.65 bits per heavy atom. The summed E-state index contributed by atoms with van der Waals surface area (Å²) >= 11 is 3.14. The number of rotatable bonds is 3. The minimum atomic E-state index is -3.94. The summed E-state index contributed by atoms with van der Waals surface area (Å²) in [5, 5.41) is 9.60. The highest BCUT2D eigenvalue weighted by molar-refractivity contribution is 9.10. The van der Waals surface area contributed by atoms with E-state index >= 15 is 0 Å². The molecule has 0 spiro atoms. The van der Waals surface area contributed by atoms with Crippen LogP contribution in [-0.4, -0.2) is 42.4 Å². The summed E-state index contributed by atoms with van der Waals surface area (Å²) in [5.74, 6) is -0.781. The maximum Gasteiger partial charge on any atom is 0.245 e. The van der Waals surface area contributed by atoms with Crippen molar-refractivity contribution in [1.29, 1.82) is 0 Å². The number of hydrogen-bond donors (Lipinski definition) is 3. The van der Waals surface area contributed by atoms with E-state index in [0.717, 1.165) is 4.31 Å². The van der Waals surface area contributed by atoms with E-state index in [9.17, 15) is 18.3 Å². The lowest BCUT2D eigenvalue weighted by molar-refractivity contribution is -0.121. The normalized spacial score (nSPS) is 23.9. The zero-order valence-corrected chi connectivity index (χ0v) is 12.8. The van der Waals surface area contributed by atoms with E-state index in [0.29, 0.717) is 10.2 Å². The van der Waals surface area contributed by atoms with Crippen LogP contribution in [-0.2, 0) is 14.8 Å². The molecule has 1 aliphatic heterocycles. The van der Waals surface area contributed by atoms with Crippen molar-refractivity contribution in [2.75, 3.05) is 12.3 Å². The second kappa shape index (κ2) is 5.32. The molecule has 1 aliphatic rings. The Morgan fingerprint density at radius 1 is 1.45 bits per heavy atom. The molecule has 1 fully saturated rings. The lowest BCUT2D eigenvalue weighted by Gasteiger charge is -2.22. The van der Waals surface area contributed by atoms with Crippen molar-refractivity contribution < 1.29 is 18.3 Å². The Labute approximate surface area is 124 Å². The molecule has 1 amide bonds. The summed E-state index contributed by atoms with van der Waals surface area (Å²) in [5.41, 5.74) is 11.2. The number of nitrogen functional groups attached to an aromatic ring is 1. The number of benzene rings is 1. The van der Waals surface area contributed by atoms with E-state index in [1.165, 1.54) is 18.2 Å². The minimum absolute atomic E-state index is 0.00115. The molecule has 1 saturated heterocycles. The summed E-state index contributed by atoms with van der Waals surface area (Å²) < 4.78 is 26.3. The van der Waals surface area contributed by atoms with Crippen LogP contribution in [0, 0.1) is 0 Å². The molecule has 1 aromatic carbocycles. The summed E-state index contributed by atoms with van der Waals surface area (Å²) in [6.07, 6.45) is -0.906. The van der Waals surface area contributed by atoms with E-state index in [-0.39, 0.29) is 17.9 Å². The molecule has 1 aromatic rings. The standard InChI is InChI=1S/C11H14BrN3O4S/c12-8-3-6(13)1-2-10(8)20(18,19)15-5-7(16)4-9(15)11(14)17/h1-3,7,9,16H,4-5,13H2,(H2,14,17). The molecule has 110 valence electrons. The second-order valence-electron chi connectivity index (χ2n) is 4.57. The summed E-state index contributed by atoms with van der Waals surface area (Å²) in [6.45, 7) is -0.160. The van der Waals surface area contributed by atoms with Gasteiger partial charge in [-0.1, -0.05) is 0 Å². The van der Waals surface area contributed by atoms with E-state index in [1.807, 2.05) is 0 Å². The van der Waals surface area contributed by atoms with Gasteiger partial charge in [-0.15, -0.1) is 0 Å². The van der Waals surface area contributed by atoms with Crippen LogP contribution in [0.25, 0.3) is 0 Å². The number of nitrogens with two attached hydrogens (primary N) is 2. The van der Waals surface area contributed by atoms with Crippen LogP contribution in [0.5, 0.6) is 0 Å². The summed E-state index contributed by atoms with van der Waals surface area (Å²) in [6, 6.07) is 3.21. The zero-order valence-electron chi connectivity index (χ0n) is 10.4. The van der Waals surface area contributed by atoms with Crippen molar-refractivity contribution in [3.05, 3.63) is 22.7 Å². The molecule has 0 bridgehead atoms. The van der Waals surface area contributed by atoms with E-state index in [1.54, 1.807) is 0 Å². The van der Waals surface area contributed by atoms with E-state index < -0.39 is 28.1 Å². The first-order valence-corrected chi connectivity index (χ1v) is 8.01. The molecule has 2 atom stereocenters. The number of aliphatic hydroxyl groups is 1. The van der Waals surface area contributed by atoms with Gasteiger partial charge in [0.25, 0.3) is 0 Å². The third-order valence-electron chi connectivity index (χ3n) is 3.10. The largest absolute Gasteiger partial charge is 0.399 e. The van der Waals surface area contributed by atoms with Gasteiger partial charge in [-0.3, -0.25) is 4.79 Å². The number of sulfonamides is 1. The van der Waals surface area contributed by atoms with Crippen LogP contribution in [0.2, 0.25) is 0 Å². The third kappa shape index (κ3) is 2.66. The predicted molar refractivity (Wildman–Crippen MR) is 76.1 cm³/mol. The van der Waals surface area contributed by atoms with Crippen molar-refractivity contribution in [1.82, 2.24) is 4.31 Å². The first-order chi connectivity index (χ1) is 9.23. The van der Waals surface area contributed by atoms with Crippen LogP contribution >= 0.6 is 15.9 Å². The Balaban J connectivity index is 2.46. The fraction of sp³-hybridized carbons (Fsp3) is 0.364. The van der Waals surface area contributed by atoms with Gasteiger partial charge in [0.15, 0.2) is 0 Å². The van der Waals surface area contributed by atoms with Gasteiger partial charge in [0.05, 0.1) is 11.0 Å². The number of aliphatic hydroxyl groups excluding tert-OH is 1. The molecule has 20 heavy (non-hydrogen) atoms. The molecular weight excluding hydrogens is 350 g/mol. The smallest absolute Gasteiger partial charge is 0.245 e. The van der Waals surface area contributed by atoms with Crippen molar-refractivity contribution in [2.45, 2.75) is 23.5 Å². The number of carbonyl (C=O) groups excluding carboxylic acids is 1. The number of halogens is 1. The van der Waals surface area contributed by atoms with Gasteiger partial charge in [-0.25, -0.2) is 8.42 Å². The van der Waals surface area contributed by atoms with Gasteiger partial charge in [0.1, 0.15) is 6.04 Å². The quantitative estimate of drug-likeness (QED) is 0.632. The molecule has 2 unspecified atom stereocenters. The van der Waals surface area contributed by atoms with E-state index in [2.05, 4.69) is 15.9 Å². The molecule has 0 aliphatic carbocycles. The monoisotopic (exact) mass is 363 g/mol. The van der Waals surface area contributed by atoms with Crippen LogP contribution < -0.4 is 11.5 Å². The van der Waals surface area contributed by atoms with E-state index in [4.69, 9.17) is 11.5 Å². The Hall–Kier alpha value is -1.16.